The maximum atomic E-state index is 12.2. The van der Waals surface area contributed by atoms with Crippen LogP contribution in [0, 0.1) is 6.92 Å². The summed E-state index contributed by atoms with van der Waals surface area (Å²) in [6, 6.07) is 3.86. The largest absolute Gasteiger partial charge is 0.452 e. The van der Waals surface area contributed by atoms with Crippen LogP contribution < -0.4 is 0 Å². The Morgan fingerprint density at radius 3 is 2.65 bits per heavy atom. The van der Waals surface area contributed by atoms with E-state index in [1.54, 1.807) is 6.92 Å². The number of carbonyl (C=O) groups excluding carboxylic acids is 1. The molecule has 2 rings (SSSR count). The highest BCUT2D eigenvalue weighted by molar-refractivity contribution is 7.89. The van der Waals surface area contributed by atoms with Gasteiger partial charge in [-0.2, -0.15) is 4.98 Å². The van der Waals surface area contributed by atoms with Crippen molar-refractivity contribution in [3.8, 4) is 0 Å². The molecule has 0 aliphatic rings. The summed E-state index contributed by atoms with van der Waals surface area (Å²) in [5.74, 6) is -0.166. The molecule has 2 aromatic rings. The molecule has 1 aromatic heterocycles. The van der Waals surface area contributed by atoms with Crippen molar-refractivity contribution >= 4 is 27.6 Å². The molecular weight excluding hydrogens is 346 g/mol. The summed E-state index contributed by atoms with van der Waals surface area (Å²) in [6.45, 7) is 1.42. The van der Waals surface area contributed by atoms with Crippen LogP contribution in [0.2, 0.25) is 5.02 Å². The van der Waals surface area contributed by atoms with Crippen molar-refractivity contribution in [2.45, 2.75) is 18.4 Å². The molecule has 0 aliphatic carbocycles. The fourth-order valence-corrected chi connectivity index (χ4v) is 3.03. The van der Waals surface area contributed by atoms with Crippen LogP contribution in [0.15, 0.2) is 27.6 Å². The third-order valence-electron chi connectivity index (χ3n) is 2.82. The second kappa shape index (κ2) is 6.65. The summed E-state index contributed by atoms with van der Waals surface area (Å²) in [4.78, 5) is 15.7. The van der Waals surface area contributed by atoms with E-state index in [0.717, 1.165) is 4.31 Å². The number of benzene rings is 1. The molecule has 10 heteroatoms. The highest BCUT2D eigenvalue weighted by Crippen LogP contribution is 2.25. The van der Waals surface area contributed by atoms with Gasteiger partial charge in [-0.3, -0.25) is 0 Å². The SMILES string of the molecule is Cc1noc(COC(=O)c2ccc(Cl)c(S(=O)(=O)N(C)C)c2)n1. The number of rotatable bonds is 5. The number of halogens is 1. The number of aryl methyl sites for hydroxylation is 1. The third-order valence-corrected chi connectivity index (χ3v) is 5.12. The molecule has 0 saturated heterocycles. The minimum absolute atomic E-state index is 0.0165. The van der Waals surface area contributed by atoms with Crippen molar-refractivity contribution < 1.29 is 22.5 Å². The average Bonchev–Trinajstić information content (AvgIpc) is 2.90. The zero-order valence-corrected chi connectivity index (χ0v) is 14.2. The first kappa shape index (κ1) is 17.4. The molecule has 0 spiro atoms. The number of aromatic nitrogens is 2. The van der Waals surface area contributed by atoms with Crippen molar-refractivity contribution in [1.29, 1.82) is 0 Å². The van der Waals surface area contributed by atoms with Crippen molar-refractivity contribution in [3.05, 3.63) is 40.5 Å². The molecule has 1 aromatic carbocycles. The smallest absolute Gasteiger partial charge is 0.338 e. The Labute approximate surface area is 138 Å². The lowest BCUT2D eigenvalue weighted by atomic mass is 10.2. The Kier molecular flexibility index (Phi) is 5.03. The lowest BCUT2D eigenvalue weighted by molar-refractivity contribution is 0.0429. The zero-order valence-electron chi connectivity index (χ0n) is 12.6. The molecule has 8 nitrogen and oxygen atoms in total. The van der Waals surface area contributed by atoms with E-state index in [4.69, 9.17) is 20.9 Å². The van der Waals surface area contributed by atoms with Gasteiger partial charge in [0.1, 0.15) is 4.90 Å². The molecule has 1 heterocycles. The number of carbonyl (C=O) groups is 1. The Bertz CT molecular complexity index is 832. The number of ether oxygens (including phenoxy) is 1. The lowest BCUT2D eigenvalue weighted by Gasteiger charge is -2.13. The van der Waals surface area contributed by atoms with Gasteiger partial charge in [0.2, 0.25) is 10.0 Å². The van der Waals surface area contributed by atoms with Gasteiger partial charge in [-0.25, -0.2) is 17.5 Å². The summed E-state index contributed by atoms with van der Waals surface area (Å²) < 4.78 is 35.2. The first-order valence-corrected chi connectivity index (χ1v) is 8.22. The average molecular weight is 360 g/mol. The van der Waals surface area contributed by atoms with Crippen LogP contribution in [-0.4, -0.2) is 42.9 Å². The first-order valence-electron chi connectivity index (χ1n) is 6.40. The second-order valence-electron chi connectivity index (χ2n) is 4.74. The van der Waals surface area contributed by atoms with Gasteiger partial charge in [0, 0.05) is 14.1 Å². The summed E-state index contributed by atoms with van der Waals surface area (Å²) in [7, 11) is -1.04. The number of hydrogen-bond donors (Lipinski definition) is 0. The van der Waals surface area contributed by atoms with E-state index < -0.39 is 16.0 Å². The Morgan fingerprint density at radius 1 is 1.39 bits per heavy atom. The summed E-state index contributed by atoms with van der Waals surface area (Å²) in [5.41, 5.74) is 0.0473. The molecule has 0 saturated carbocycles. The second-order valence-corrected chi connectivity index (χ2v) is 7.27. The fraction of sp³-hybridized carbons (Fsp3) is 0.308. The summed E-state index contributed by atoms with van der Waals surface area (Å²) >= 11 is 5.91. The molecular formula is C13H14ClN3O5S. The molecule has 0 unspecified atom stereocenters. The van der Waals surface area contributed by atoms with Gasteiger partial charge >= 0.3 is 5.97 Å². The van der Waals surface area contributed by atoms with Crippen LogP contribution in [0.5, 0.6) is 0 Å². The fourth-order valence-electron chi connectivity index (χ4n) is 1.63. The number of hydrogen-bond acceptors (Lipinski definition) is 7. The first-order chi connectivity index (χ1) is 10.7. The van der Waals surface area contributed by atoms with Gasteiger partial charge in [-0.05, 0) is 25.1 Å². The zero-order chi connectivity index (χ0) is 17.2. The molecule has 0 fully saturated rings. The summed E-state index contributed by atoms with van der Waals surface area (Å²) in [5, 5.41) is 3.58. The van der Waals surface area contributed by atoms with E-state index in [-0.39, 0.29) is 28.0 Å². The van der Waals surface area contributed by atoms with E-state index in [9.17, 15) is 13.2 Å². The van der Waals surface area contributed by atoms with Crippen molar-refractivity contribution in [1.82, 2.24) is 14.4 Å². The van der Waals surface area contributed by atoms with E-state index in [1.807, 2.05) is 0 Å². The third kappa shape index (κ3) is 3.87. The highest BCUT2D eigenvalue weighted by atomic mass is 35.5. The van der Waals surface area contributed by atoms with Crippen LogP contribution >= 0.6 is 11.6 Å². The van der Waals surface area contributed by atoms with Crippen molar-refractivity contribution in [2.75, 3.05) is 14.1 Å². The topological polar surface area (TPSA) is 103 Å². The standard InChI is InChI=1S/C13H14ClN3O5S/c1-8-15-12(22-16-8)7-21-13(18)9-4-5-10(14)11(6-9)23(19,20)17(2)3/h4-6H,7H2,1-3H3. The maximum Gasteiger partial charge on any atom is 0.338 e. The molecule has 124 valence electrons. The minimum Gasteiger partial charge on any atom is -0.452 e. The molecule has 0 atom stereocenters. The van der Waals surface area contributed by atoms with Gasteiger partial charge in [0.25, 0.3) is 5.89 Å². The van der Waals surface area contributed by atoms with Crippen LogP contribution in [-0.2, 0) is 21.4 Å². The van der Waals surface area contributed by atoms with Gasteiger partial charge < -0.3 is 9.26 Å². The van der Waals surface area contributed by atoms with Gasteiger partial charge in [-0.15, -0.1) is 0 Å². The van der Waals surface area contributed by atoms with Gasteiger partial charge in [0.15, 0.2) is 12.4 Å². The normalized spacial score (nSPS) is 11.7. The monoisotopic (exact) mass is 359 g/mol. The Morgan fingerprint density at radius 2 is 2.09 bits per heavy atom. The van der Waals surface area contributed by atoms with Crippen LogP contribution in [0.4, 0.5) is 0 Å². The highest BCUT2D eigenvalue weighted by Gasteiger charge is 2.23. The quantitative estimate of drug-likeness (QED) is 0.747. The van der Waals surface area contributed by atoms with Crippen LogP contribution in [0.25, 0.3) is 0 Å². The van der Waals surface area contributed by atoms with Crippen LogP contribution in [0.3, 0.4) is 0 Å². The molecule has 0 N–H and O–H groups in total. The number of sulfonamides is 1. The van der Waals surface area contributed by atoms with Crippen molar-refractivity contribution in [2.24, 2.45) is 0 Å². The Hall–Kier alpha value is -1.97. The minimum atomic E-state index is -3.77. The van der Waals surface area contributed by atoms with E-state index in [2.05, 4.69) is 10.1 Å². The molecule has 23 heavy (non-hydrogen) atoms. The van der Waals surface area contributed by atoms with Crippen LogP contribution in [0.1, 0.15) is 22.1 Å². The molecule has 0 radical (unpaired) electrons. The molecule has 0 bridgehead atoms. The van der Waals surface area contributed by atoms with Gasteiger partial charge in [0.05, 0.1) is 10.6 Å². The predicted octanol–water partition coefficient (Wildman–Crippen LogP) is 1.64. The molecule has 0 amide bonds. The van der Waals surface area contributed by atoms with E-state index >= 15 is 0 Å². The van der Waals surface area contributed by atoms with Crippen molar-refractivity contribution in [3.63, 3.8) is 0 Å². The maximum absolute atomic E-state index is 12.2. The van der Waals surface area contributed by atoms with E-state index in [0.29, 0.717) is 5.82 Å². The Balaban J connectivity index is 2.21. The summed E-state index contributed by atoms with van der Waals surface area (Å²) in [6.07, 6.45) is 0. The van der Waals surface area contributed by atoms with Gasteiger partial charge in [-0.1, -0.05) is 16.8 Å². The lowest BCUT2D eigenvalue weighted by Crippen LogP contribution is -2.23. The predicted molar refractivity (Wildman–Crippen MR) is 80.5 cm³/mol. The van der Waals surface area contributed by atoms with E-state index in [1.165, 1.54) is 32.3 Å². The number of nitrogens with zero attached hydrogens (tertiary/aromatic N) is 3. The molecule has 0 aliphatic heterocycles. The number of esters is 1.